The Morgan fingerprint density at radius 3 is 2.42 bits per heavy atom. The lowest BCUT2D eigenvalue weighted by atomic mass is 9.96. The highest BCUT2D eigenvalue weighted by Gasteiger charge is 2.18. The molecule has 5 rings (SSSR count). The Morgan fingerprint density at radius 2 is 1.67 bits per heavy atom. The number of aliphatic carboxylic acids is 1. The molecule has 0 aliphatic carbocycles. The molecule has 0 bridgehead atoms. The van der Waals surface area contributed by atoms with E-state index in [-0.39, 0.29) is 5.95 Å². The number of nitrogen functional groups attached to an aromatic ring is 1. The zero-order chi connectivity index (χ0) is 23.2. The van der Waals surface area contributed by atoms with Crippen molar-refractivity contribution in [3.05, 3.63) is 102 Å². The second kappa shape index (κ2) is 9.74. The first-order chi connectivity index (χ1) is 16.0. The van der Waals surface area contributed by atoms with E-state index in [1.54, 1.807) is 12.3 Å². The summed E-state index contributed by atoms with van der Waals surface area (Å²) in [6.45, 7) is 1.78. The van der Waals surface area contributed by atoms with Crippen LogP contribution < -0.4 is 11.1 Å². The highest BCUT2D eigenvalue weighted by atomic mass is 16.4. The third kappa shape index (κ3) is 5.40. The van der Waals surface area contributed by atoms with Crippen molar-refractivity contribution in [2.24, 2.45) is 4.99 Å². The van der Waals surface area contributed by atoms with Crippen LogP contribution in [-0.2, 0) is 11.3 Å². The summed E-state index contributed by atoms with van der Waals surface area (Å²) in [5.41, 5.74) is 13.5. The summed E-state index contributed by atoms with van der Waals surface area (Å²) in [6.07, 6.45) is 1.64. The molecule has 1 aliphatic rings. The summed E-state index contributed by atoms with van der Waals surface area (Å²) < 4.78 is 0. The fourth-order valence-electron chi connectivity index (χ4n) is 3.58. The van der Waals surface area contributed by atoms with Gasteiger partial charge in [0.1, 0.15) is 5.82 Å². The van der Waals surface area contributed by atoms with Crippen molar-refractivity contribution < 1.29 is 9.90 Å². The van der Waals surface area contributed by atoms with Crippen LogP contribution in [0, 0.1) is 0 Å². The molecule has 0 atom stereocenters. The molecule has 3 aromatic carbocycles. The van der Waals surface area contributed by atoms with Crippen LogP contribution in [0.15, 0.2) is 90.1 Å². The summed E-state index contributed by atoms with van der Waals surface area (Å²) in [5, 5.41) is 10.7. The molecule has 33 heavy (non-hydrogen) atoms. The van der Waals surface area contributed by atoms with Gasteiger partial charge in [0, 0.05) is 29.9 Å². The maximum Gasteiger partial charge on any atom is 0.300 e. The van der Waals surface area contributed by atoms with Gasteiger partial charge in [0.25, 0.3) is 5.97 Å². The fourth-order valence-corrected chi connectivity index (χ4v) is 3.58. The van der Waals surface area contributed by atoms with Crippen molar-refractivity contribution in [1.29, 1.82) is 0 Å². The highest BCUT2D eigenvalue weighted by molar-refractivity contribution is 6.16. The van der Waals surface area contributed by atoms with Gasteiger partial charge >= 0.3 is 0 Å². The molecule has 1 aliphatic heterocycles. The Labute approximate surface area is 191 Å². The van der Waals surface area contributed by atoms with Gasteiger partial charge in [-0.1, -0.05) is 54.6 Å². The van der Waals surface area contributed by atoms with Crippen LogP contribution in [0.4, 0.5) is 17.5 Å². The number of rotatable bonds is 4. The number of hydrogen-bond donors (Lipinski definition) is 3. The van der Waals surface area contributed by atoms with Crippen molar-refractivity contribution >= 4 is 29.1 Å². The van der Waals surface area contributed by atoms with E-state index in [4.69, 9.17) is 20.6 Å². The summed E-state index contributed by atoms with van der Waals surface area (Å²) in [6, 6.07) is 27.0. The van der Waals surface area contributed by atoms with Crippen LogP contribution in [-0.4, -0.2) is 26.8 Å². The SMILES string of the molecule is CC(=O)O.Nc1nccc(Nc2ccc3c(c2)C(c2cccc(-c4ccccc4)c2)=NC3)n1. The average Bonchev–Trinajstić information content (AvgIpc) is 3.23. The van der Waals surface area contributed by atoms with Gasteiger partial charge in [0.15, 0.2) is 0 Å². The lowest BCUT2D eigenvalue weighted by Gasteiger charge is -2.10. The number of nitrogens with two attached hydrogens (primary N) is 1. The van der Waals surface area contributed by atoms with E-state index in [0.717, 1.165) is 29.4 Å². The molecule has 0 radical (unpaired) electrons. The number of fused-ring (bicyclic) bond motifs is 1. The molecule has 2 heterocycles. The van der Waals surface area contributed by atoms with E-state index in [1.807, 2.05) is 12.1 Å². The predicted molar refractivity (Wildman–Crippen MR) is 131 cm³/mol. The van der Waals surface area contributed by atoms with Gasteiger partial charge in [0.05, 0.1) is 12.3 Å². The first kappa shape index (κ1) is 21.7. The largest absolute Gasteiger partial charge is 0.481 e. The molecular weight excluding hydrogens is 414 g/mol. The second-order valence-electron chi connectivity index (χ2n) is 7.43. The van der Waals surface area contributed by atoms with E-state index >= 15 is 0 Å². The number of carboxylic acid groups (broad SMARTS) is 1. The van der Waals surface area contributed by atoms with Crippen LogP contribution in [0.25, 0.3) is 11.1 Å². The third-order valence-corrected chi connectivity index (χ3v) is 4.96. The van der Waals surface area contributed by atoms with Gasteiger partial charge in [0.2, 0.25) is 5.95 Å². The lowest BCUT2D eigenvalue weighted by Crippen LogP contribution is -2.03. The van der Waals surface area contributed by atoms with E-state index < -0.39 is 5.97 Å². The number of carboxylic acids is 1. The molecule has 7 nitrogen and oxygen atoms in total. The topological polar surface area (TPSA) is 113 Å². The molecule has 1 aromatic heterocycles. The average molecular weight is 438 g/mol. The standard InChI is InChI=1S/C24H19N5.C2H4O2/c25-24-26-12-11-22(29-24)28-20-10-9-19-15-27-23(21(19)14-20)18-8-4-7-17(13-18)16-5-2-1-3-6-16;1-2(3)4/h1-14H,15H2,(H3,25,26,28,29);1H3,(H,3,4). The van der Waals surface area contributed by atoms with Crippen molar-refractivity contribution in [3.63, 3.8) is 0 Å². The molecule has 164 valence electrons. The molecule has 0 unspecified atom stereocenters. The van der Waals surface area contributed by atoms with Gasteiger partial charge in [-0.2, -0.15) is 4.98 Å². The highest BCUT2D eigenvalue weighted by Crippen LogP contribution is 2.29. The number of benzene rings is 3. The van der Waals surface area contributed by atoms with E-state index in [9.17, 15) is 0 Å². The Kier molecular flexibility index (Phi) is 6.40. The van der Waals surface area contributed by atoms with Crippen LogP contribution in [0.3, 0.4) is 0 Å². The smallest absolute Gasteiger partial charge is 0.300 e. The Bertz CT molecular complexity index is 1320. The first-order valence-corrected chi connectivity index (χ1v) is 10.4. The molecule has 4 N–H and O–H groups in total. The minimum Gasteiger partial charge on any atom is -0.481 e. The van der Waals surface area contributed by atoms with Crippen molar-refractivity contribution in [2.75, 3.05) is 11.1 Å². The third-order valence-electron chi connectivity index (χ3n) is 4.96. The molecule has 0 saturated carbocycles. The summed E-state index contributed by atoms with van der Waals surface area (Å²) in [4.78, 5) is 22.0. The van der Waals surface area contributed by atoms with Crippen molar-refractivity contribution in [1.82, 2.24) is 9.97 Å². The number of aliphatic imine (C=N–C) groups is 1. The Morgan fingerprint density at radius 1 is 0.939 bits per heavy atom. The minimum atomic E-state index is -0.833. The van der Waals surface area contributed by atoms with E-state index in [0.29, 0.717) is 12.4 Å². The molecular formula is C26H23N5O2. The first-order valence-electron chi connectivity index (χ1n) is 10.4. The molecule has 0 fully saturated rings. The fraction of sp³-hybridized carbons (Fsp3) is 0.0769. The predicted octanol–water partition coefficient (Wildman–Crippen LogP) is 4.91. The van der Waals surface area contributed by atoms with E-state index in [2.05, 4.69) is 75.9 Å². The number of aromatic nitrogens is 2. The van der Waals surface area contributed by atoms with Crippen molar-refractivity contribution in [3.8, 4) is 11.1 Å². The zero-order valence-corrected chi connectivity index (χ0v) is 18.1. The number of hydrogen-bond acceptors (Lipinski definition) is 6. The van der Waals surface area contributed by atoms with Crippen LogP contribution in [0.1, 0.15) is 23.6 Å². The Hall–Kier alpha value is -4.52. The molecule has 0 amide bonds. The van der Waals surface area contributed by atoms with Gasteiger partial charge in [-0.3, -0.25) is 9.79 Å². The van der Waals surface area contributed by atoms with Crippen LogP contribution in [0.5, 0.6) is 0 Å². The molecule has 0 saturated heterocycles. The molecule has 7 heteroatoms. The summed E-state index contributed by atoms with van der Waals surface area (Å²) in [7, 11) is 0. The number of anilines is 3. The monoisotopic (exact) mass is 437 g/mol. The summed E-state index contributed by atoms with van der Waals surface area (Å²) in [5.74, 6) is 0.0798. The normalized spacial score (nSPS) is 11.6. The minimum absolute atomic E-state index is 0.246. The summed E-state index contributed by atoms with van der Waals surface area (Å²) >= 11 is 0. The maximum absolute atomic E-state index is 9.00. The number of carbonyl (C=O) groups is 1. The van der Waals surface area contributed by atoms with Crippen LogP contribution >= 0.6 is 0 Å². The number of nitrogens with one attached hydrogen (secondary N) is 1. The second-order valence-corrected chi connectivity index (χ2v) is 7.43. The number of nitrogens with zero attached hydrogens (tertiary/aromatic N) is 3. The van der Waals surface area contributed by atoms with Gasteiger partial charge in [-0.15, -0.1) is 0 Å². The quantitative estimate of drug-likeness (QED) is 0.418. The molecule has 4 aromatic rings. The Balaban J connectivity index is 0.000000601. The van der Waals surface area contributed by atoms with Gasteiger partial charge < -0.3 is 16.2 Å². The zero-order valence-electron chi connectivity index (χ0n) is 18.1. The molecule has 0 spiro atoms. The van der Waals surface area contributed by atoms with Gasteiger partial charge in [-0.25, -0.2) is 4.98 Å². The van der Waals surface area contributed by atoms with Gasteiger partial charge in [-0.05, 0) is 41.0 Å². The maximum atomic E-state index is 9.00. The van der Waals surface area contributed by atoms with Crippen LogP contribution in [0.2, 0.25) is 0 Å². The van der Waals surface area contributed by atoms with Crippen molar-refractivity contribution in [2.45, 2.75) is 13.5 Å². The van der Waals surface area contributed by atoms with E-state index in [1.165, 1.54) is 16.7 Å². The lowest BCUT2D eigenvalue weighted by molar-refractivity contribution is -0.134.